The van der Waals surface area contributed by atoms with Crippen LogP contribution in [-0.4, -0.2) is 24.0 Å². The molecule has 1 aliphatic rings. The summed E-state index contributed by atoms with van der Waals surface area (Å²) in [5.74, 6) is 0. The number of likely N-dealkylation sites (tertiary alicyclic amines) is 1. The minimum Gasteiger partial charge on any atom is -0.301 e. The Morgan fingerprint density at radius 3 is 1.36 bits per heavy atom. The maximum atomic E-state index is 2.53. The lowest BCUT2D eigenvalue weighted by Gasteiger charge is -2.18. The van der Waals surface area contributed by atoms with Crippen LogP contribution in [0.2, 0.25) is 0 Å². The highest BCUT2D eigenvalue weighted by Crippen LogP contribution is 2.09. The molecule has 0 radical (unpaired) electrons. The smallest absolute Gasteiger partial charge is 0.00385 e. The van der Waals surface area contributed by atoms with Crippen molar-refractivity contribution >= 4 is 0 Å². The zero-order valence-corrected chi connectivity index (χ0v) is 9.32. The van der Waals surface area contributed by atoms with Crippen LogP contribution in [0, 0.1) is 0 Å². The highest BCUT2D eigenvalue weighted by Gasteiger charge is 2.13. The highest BCUT2D eigenvalue weighted by atomic mass is 15.2. The van der Waals surface area contributed by atoms with Crippen molar-refractivity contribution in [3.63, 3.8) is 0 Å². The first kappa shape index (κ1) is 11.3. The van der Waals surface area contributed by atoms with Gasteiger partial charge in [-0.3, -0.25) is 0 Å². The number of rotatable bonds is 1. The van der Waals surface area contributed by atoms with Gasteiger partial charge in [0, 0.05) is 6.04 Å². The van der Waals surface area contributed by atoms with E-state index >= 15 is 0 Å². The van der Waals surface area contributed by atoms with Crippen LogP contribution < -0.4 is 0 Å². The molecule has 2 rings (SSSR count). The van der Waals surface area contributed by atoms with Crippen LogP contribution in [0.1, 0.15) is 26.7 Å². The average Bonchev–Trinajstić information content (AvgIpc) is 2.74. The van der Waals surface area contributed by atoms with Crippen LogP contribution in [-0.2, 0) is 0 Å². The summed E-state index contributed by atoms with van der Waals surface area (Å²) in [5.41, 5.74) is 0. The van der Waals surface area contributed by atoms with Gasteiger partial charge in [-0.05, 0) is 39.8 Å². The Kier molecular flexibility index (Phi) is 5.31. The maximum Gasteiger partial charge on any atom is 0.00385 e. The Morgan fingerprint density at radius 2 is 1.14 bits per heavy atom. The summed E-state index contributed by atoms with van der Waals surface area (Å²) >= 11 is 0. The lowest BCUT2D eigenvalue weighted by atomic mass is 10.3. The lowest BCUT2D eigenvalue weighted by molar-refractivity contribution is 0.276. The van der Waals surface area contributed by atoms with Crippen LogP contribution in [0.5, 0.6) is 0 Å². The molecule has 0 saturated carbocycles. The molecular weight excluding hydrogens is 170 g/mol. The summed E-state index contributed by atoms with van der Waals surface area (Å²) < 4.78 is 0. The molecule has 0 bridgehead atoms. The molecule has 1 aliphatic heterocycles. The second-order valence-electron chi connectivity index (χ2n) is 3.99. The van der Waals surface area contributed by atoms with Crippen LogP contribution in [0.15, 0.2) is 36.4 Å². The third-order valence-electron chi connectivity index (χ3n) is 2.54. The van der Waals surface area contributed by atoms with E-state index in [2.05, 4.69) is 18.7 Å². The van der Waals surface area contributed by atoms with E-state index in [1.807, 2.05) is 36.4 Å². The number of benzene rings is 1. The van der Waals surface area contributed by atoms with E-state index < -0.39 is 0 Å². The van der Waals surface area contributed by atoms with Gasteiger partial charge in [-0.25, -0.2) is 0 Å². The van der Waals surface area contributed by atoms with E-state index in [9.17, 15) is 0 Å². The molecule has 0 atom stereocenters. The summed E-state index contributed by atoms with van der Waals surface area (Å²) in [7, 11) is 0. The molecule has 1 nitrogen and oxygen atoms in total. The van der Waals surface area contributed by atoms with Crippen LogP contribution in [0.3, 0.4) is 0 Å². The van der Waals surface area contributed by atoms with Crippen molar-refractivity contribution in [1.29, 1.82) is 0 Å². The van der Waals surface area contributed by atoms with Gasteiger partial charge in [0.05, 0.1) is 0 Å². The molecule has 78 valence electrons. The third kappa shape index (κ3) is 4.43. The van der Waals surface area contributed by atoms with E-state index in [0.29, 0.717) is 0 Å². The second-order valence-corrected chi connectivity index (χ2v) is 3.99. The van der Waals surface area contributed by atoms with Crippen LogP contribution in [0.4, 0.5) is 0 Å². The number of nitrogens with zero attached hydrogens (tertiary/aromatic N) is 1. The first-order chi connectivity index (χ1) is 6.80. The van der Waals surface area contributed by atoms with E-state index in [0.717, 1.165) is 6.04 Å². The topological polar surface area (TPSA) is 3.24 Å². The van der Waals surface area contributed by atoms with Gasteiger partial charge in [-0.1, -0.05) is 36.4 Å². The van der Waals surface area contributed by atoms with Crippen molar-refractivity contribution in [1.82, 2.24) is 4.90 Å². The SMILES string of the molecule is CC(C)N1CCCC1.c1ccccc1. The van der Waals surface area contributed by atoms with Crippen molar-refractivity contribution in [2.75, 3.05) is 13.1 Å². The summed E-state index contributed by atoms with van der Waals surface area (Å²) in [5, 5.41) is 0. The summed E-state index contributed by atoms with van der Waals surface area (Å²) in [6.45, 7) is 7.20. The fourth-order valence-corrected chi connectivity index (χ4v) is 1.64. The fourth-order valence-electron chi connectivity index (χ4n) is 1.64. The maximum absolute atomic E-state index is 2.53. The van der Waals surface area contributed by atoms with Gasteiger partial charge in [0.25, 0.3) is 0 Å². The predicted octanol–water partition coefficient (Wildman–Crippen LogP) is 3.18. The first-order valence-corrected chi connectivity index (χ1v) is 5.55. The quantitative estimate of drug-likeness (QED) is 0.659. The van der Waals surface area contributed by atoms with Gasteiger partial charge in [-0.2, -0.15) is 0 Å². The van der Waals surface area contributed by atoms with E-state index in [4.69, 9.17) is 0 Å². The molecule has 0 aliphatic carbocycles. The Hall–Kier alpha value is -0.820. The van der Waals surface area contributed by atoms with Gasteiger partial charge in [-0.15, -0.1) is 0 Å². The number of hydrogen-bond acceptors (Lipinski definition) is 1. The molecule has 0 amide bonds. The second kappa shape index (κ2) is 6.61. The van der Waals surface area contributed by atoms with Crippen molar-refractivity contribution in [2.45, 2.75) is 32.7 Å². The molecule has 1 saturated heterocycles. The Balaban J connectivity index is 0.000000146. The largest absolute Gasteiger partial charge is 0.301 e. The summed E-state index contributed by atoms with van der Waals surface area (Å²) in [4.78, 5) is 2.53. The molecule has 0 unspecified atom stereocenters. The zero-order valence-electron chi connectivity index (χ0n) is 9.32. The van der Waals surface area contributed by atoms with Gasteiger partial charge in [0.2, 0.25) is 0 Å². The van der Waals surface area contributed by atoms with Crippen LogP contribution >= 0.6 is 0 Å². The van der Waals surface area contributed by atoms with E-state index in [1.54, 1.807) is 0 Å². The predicted molar refractivity (Wildman–Crippen MR) is 62.4 cm³/mol. The molecule has 1 heteroatoms. The van der Waals surface area contributed by atoms with Crippen molar-refractivity contribution < 1.29 is 0 Å². The normalized spacial score (nSPS) is 16.5. The summed E-state index contributed by atoms with van der Waals surface area (Å²) in [6, 6.07) is 12.8. The highest BCUT2D eigenvalue weighted by molar-refractivity contribution is 4.99. The van der Waals surface area contributed by atoms with Crippen molar-refractivity contribution in [2.24, 2.45) is 0 Å². The standard InChI is InChI=1S/C7H15N.C6H6/c1-7(2)8-5-3-4-6-8;1-2-4-6-5-3-1/h7H,3-6H2,1-2H3;1-6H. The van der Waals surface area contributed by atoms with Gasteiger partial charge in [0.1, 0.15) is 0 Å². The molecule has 0 aromatic heterocycles. The fraction of sp³-hybridized carbons (Fsp3) is 0.538. The Morgan fingerprint density at radius 1 is 0.786 bits per heavy atom. The van der Waals surface area contributed by atoms with Crippen molar-refractivity contribution in [3.05, 3.63) is 36.4 Å². The minimum absolute atomic E-state index is 0.775. The molecule has 14 heavy (non-hydrogen) atoms. The lowest BCUT2D eigenvalue weighted by Crippen LogP contribution is -2.26. The van der Waals surface area contributed by atoms with Gasteiger partial charge in [0.15, 0.2) is 0 Å². The van der Waals surface area contributed by atoms with E-state index in [1.165, 1.54) is 25.9 Å². The minimum atomic E-state index is 0.775. The third-order valence-corrected chi connectivity index (χ3v) is 2.54. The Bertz CT molecular complexity index is 185. The molecule has 1 aromatic carbocycles. The average molecular weight is 191 g/mol. The molecule has 1 fully saturated rings. The molecule has 1 aromatic rings. The first-order valence-electron chi connectivity index (χ1n) is 5.55. The Labute approximate surface area is 87.7 Å². The number of hydrogen-bond donors (Lipinski definition) is 0. The van der Waals surface area contributed by atoms with Crippen molar-refractivity contribution in [3.8, 4) is 0 Å². The summed E-state index contributed by atoms with van der Waals surface area (Å²) in [6.07, 6.45) is 2.83. The van der Waals surface area contributed by atoms with Gasteiger partial charge < -0.3 is 4.90 Å². The van der Waals surface area contributed by atoms with E-state index in [-0.39, 0.29) is 0 Å². The monoisotopic (exact) mass is 191 g/mol. The molecule has 0 spiro atoms. The van der Waals surface area contributed by atoms with Crippen LogP contribution in [0.25, 0.3) is 0 Å². The molecular formula is C13H21N. The molecule has 0 N–H and O–H groups in total. The zero-order chi connectivity index (χ0) is 10.2. The molecule has 1 heterocycles. The van der Waals surface area contributed by atoms with Gasteiger partial charge >= 0.3 is 0 Å².